The normalized spacial score (nSPS) is 10.3. The van der Waals surface area contributed by atoms with E-state index in [0.717, 1.165) is 16.7 Å². The molecule has 0 unspecified atom stereocenters. The minimum Gasteiger partial charge on any atom is -0.392 e. The molecular weight excluding hydrogens is 283 g/mol. The Morgan fingerprint density at radius 2 is 1.77 bits per heavy atom. The Bertz CT molecular complexity index is 659. The summed E-state index contributed by atoms with van der Waals surface area (Å²) in [7, 11) is 0. The molecule has 2 aromatic rings. The highest BCUT2D eigenvalue weighted by Gasteiger charge is 2.05. The van der Waals surface area contributed by atoms with Crippen LogP contribution >= 0.6 is 0 Å². The molecule has 2 rings (SSSR count). The number of halogens is 1. The molecule has 0 heterocycles. The van der Waals surface area contributed by atoms with E-state index in [1.807, 2.05) is 24.3 Å². The van der Waals surface area contributed by atoms with Gasteiger partial charge in [0.25, 0.3) is 0 Å². The highest BCUT2D eigenvalue weighted by molar-refractivity contribution is 5.73. The van der Waals surface area contributed by atoms with Crippen molar-refractivity contribution in [2.75, 3.05) is 0 Å². The van der Waals surface area contributed by atoms with Crippen LogP contribution in [0.4, 0.5) is 9.18 Å². The molecule has 0 aliphatic rings. The number of urea groups is 1. The second-order valence-electron chi connectivity index (χ2n) is 5.05. The first kappa shape index (κ1) is 16.0. The van der Waals surface area contributed by atoms with Gasteiger partial charge in [-0.2, -0.15) is 0 Å². The van der Waals surface area contributed by atoms with E-state index in [2.05, 4.69) is 10.6 Å². The number of amides is 2. The van der Waals surface area contributed by atoms with Crippen LogP contribution in [0.5, 0.6) is 0 Å². The van der Waals surface area contributed by atoms with Crippen LogP contribution < -0.4 is 10.6 Å². The average Bonchev–Trinajstić information content (AvgIpc) is 2.54. The standard InChI is InChI=1S/C17H19FN2O2/c1-12-8-13(6-7-16(12)18)9-19-17(22)20-10-14-4-2-3-5-15(14)11-21/h2-8,21H,9-11H2,1H3,(H2,19,20,22). The number of aliphatic hydroxyl groups excluding tert-OH is 1. The molecule has 0 fully saturated rings. The largest absolute Gasteiger partial charge is 0.392 e. The van der Waals surface area contributed by atoms with E-state index in [9.17, 15) is 14.3 Å². The summed E-state index contributed by atoms with van der Waals surface area (Å²) in [6.07, 6.45) is 0. The molecule has 2 amide bonds. The maximum atomic E-state index is 13.2. The fourth-order valence-corrected chi connectivity index (χ4v) is 2.12. The van der Waals surface area contributed by atoms with Crippen molar-refractivity contribution in [2.45, 2.75) is 26.6 Å². The molecule has 0 radical (unpaired) electrons. The van der Waals surface area contributed by atoms with Gasteiger partial charge in [-0.15, -0.1) is 0 Å². The summed E-state index contributed by atoms with van der Waals surface area (Å²) in [5, 5.41) is 14.7. The van der Waals surface area contributed by atoms with Gasteiger partial charge in [-0.05, 0) is 35.2 Å². The number of aliphatic hydroxyl groups is 1. The molecule has 5 heteroatoms. The summed E-state index contributed by atoms with van der Waals surface area (Å²) in [4.78, 5) is 11.8. The number of hydrogen-bond acceptors (Lipinski definition) is 2. The summed E-state index contributed by atoms with van der Waals surface area (Å²) in [6, 6.07) is 11.8. The number of benzene rings is 2. The topological polar surface area (TPSA) is 61.4 Å². The first-order valence-corrected chi connectivity index (χ1v) is 7.04. The third-order valence-electron chi connectivity index (χ3n) is 3.40. The van der Waals surface area contributed by atoms with Gasteiger partial charge in [-0.25, -0.2) is 9.18 Å². The summed E-state index contributed by atoms with van der Waals surface area (Å²) < 4.78 is 13.2. The lowest BCUT2D eigenvalue weighted by atomic mass is 10.1. The van der Waals surface area contributed by atoms with Gasteiger partial charge >= 0.3 is 6.03 Å². The zero-order valence-corrected chi connectivity index (χ0v) is 12.4. The number of carbonyl (C=O) groups is 1. The molecule has 0 atom stereocenters. The van der Waals surface area contributed by atoms with Crippen molar-refractivity contribution in [3.63, 3.8) is 0 Å². The lowest BCUT2D eigenvalue weighted by Crippen LogP contribution is -2.34. The second-order valence-corrected chi connectivity index (χ2v) is 5.05. The zero-order chi connectivity index (χ0) is 15.9. The fourth-order valence-electron chi connectivity index (χ4n) is 2.12. The van der Waals surface area contributed by atoms with Gasteiger partial charge in [0.2, 0.25) is 0 Å². The maximum absolute atomic E-state index is 13.2. The molecule has 4 nitrogen and oxygen atoms in total. The Kier molecular flexibility index (Phi) is 5.49. The number of aryl methyl sites for hydroxylation is 1. The van der Waals surface area contributed by atoms with Gasteiger partial charge < -0.3 is 15.7 Å². The van der Waals surface area contributed by atoms with Crippen molar-refractivity contribution in [3.05, 3.63) is 70.5 Å². The monoisotopic (exact) mass is 302 g/mol. The molecule has 22 heavy (non-hydrogen) atoms. The van der Waals surface area contributed by atoms with Crippen LogP contribution in [0.2, 0.25) is 0 Å². The fraction of sp³-hybridized carbons (Fsp3) is 0.235. The molecule has 0 aromatic heterocycles. The van der Waals surface area contributed by atoms with Gasteiger partial charge in [-0.1, -0.05) is 36.4 Å². The van der Waals surface area contributed by atoms with E-state index in [1.54, 1.807) is 19.1 Å². The van der Waals surface area contributed by atoms with Gasteiger partial charge in [-0.3, -0.25) is 0 Å². The minimum absolute atomic E-state index is 0.0612. The molecule has 0 aliphatic carbocycles. The van der Waals surface area contributed by atoms with E-state index in [-0.39, 0.29) is 18.5 Å². The van der Waals surface area contributed by atoms with Crippen LogP contribution in [0.3, 0.4) is 0 Å². The highest BCUT2D eigenvalue weighted by atomic mass is 19.1. The lowest BCUT2D eigenvalue weighted by Gasteiger charge is -2.10. The van der Waals surface area contributed by atoms with Crippen LogP contribution in [0.15, 0.2) is 42.5 Å². The van der Waals surface area contributed by atoms with Crippen molar-refractivity contribution in [1.82, 2.24) is 10.6 Å². The van der Waals surface area contributed by atoms with Crippen molar-refractivity contribution < 1.29 is 14.3 Å². The van der Waals surface area contributed by atoms with E-state index in [4.69, 9.17) is 0 Å². The number of rotatable bonds is 5. The second kappa shape index (κ2) is 7.56. The molecular formula is C17H19FN2O2. The number of nitrogens with one attached hydrogen (secondary N) is 2. The van der Waals surface area contributed by atoms with E-state index < -0.39 is 0 Å². The Hall–Kier alpha value is -2.40. The van der Waals surface area contributed by atoms with Crippen LogP contribution in [-0.4, -0.2) is 11.1 Å². The highest BCUT2D eigenvalue weighted by Crippen LogP contribution is 2.09. The minimum atomic E-state index is -0.310. The molecule has 3 N–H and O–H groups in total. The summed E-state index contributed by atoms with van der Waals surface area (Å²) >= 11 is 0. The molecule has 0 saturated carbocycles. The van der Waals surface area contributed by atoms with Crippen LogP contribution in [0, 0.1) is 12.7 Å². The predicted molar refractivity (Wildman–Crippen MR) is 82.6 cm³/mol. The van der Waals surface area contributed by atoms with E-state index >= 15 is 0 Å². The smallest absolute Gasteiger partial charge is 0.315 e. The van der Waals surface area contributed by atoms with Crippen molar-refractivity contribution in [2.24, 2.45) is 0 Å². The van der Waals surface area contributed by atoms with Gasteiger partial charge in [0, 0.05) is 13.1 Å². The predicted octanol–water partition coefficient (Wildman–Crippen LogP) is 2.63. The molecule has 2 aromatic carbocycles. The molecule has 0 saturated heterocycles. The van der Waals surface area contributed by atoms with E-state index in [1.165, 1.54) is 6.07 Å². The molecule has 0 spiro atoms. The third kappa shape index (κ3) is 4.30. The quantitative estimate of drug-likeness (QED) is 0.795. The Morgan fingerprint density at radius 1 is 1.09 bits per heavy atom. The average molecular weight is 302 g/mol. The van der Waals surface area contributed by atoms with Crippen LogP contribution in [-0.2, 0) is 19.7 Å². The Morgan fingerprint density at radius 3 is 2.45 bits per heavy atom. The Labute approximate surface area is 129 Å². The summed E-state index contributed by atoms with van der Waals surface area (Å²) in [5.74, 6) is -0.256. The van der Waals surface area contributed by atoms with Crippen LogP contribution in [0.1, 0.15) is 22.3 Å². The summed E-state index contributed by atoms with van der Waals surface area (Å²) in [5.41, 5.74) is 3.05. The number of carbonyl (C=O) groups excluding carboxylic acids is 1. The van der Waals surface area contributed by atoms with Crippen molar-refractivity contribution in [3.8, 4) is 0 Å². The zero-order valence-electron chi connectivity index (χ0n) is 12.4. The SMILES string of the molecule is Cc1cc(CNC(=O)NCc2ccccc2CO)ccc1F. The van der Waals surface area contributed by atoms with Gasteiger partial charge in [0.1, 0.15) is 5.82 Å². The third-order valence-corrected chi connectivity index (χ3v) is 3.40. The van der Waals surface area contributed by atoms with Gasteiger partial charge in [0.15, 0.2) is 0 Å². The van der Waals surface area contributed by atoms with Gasteiger partial charge in [0.05, 0.1) is 6.61 Å². The molecule has 0 bridgehead atoms. The first-order chi connectivity index (χ1) is 10.6. The van der Waals surface area contributed by atoms with Crippen molar-refractivity contribution >= 4 is 6.03 Å². The maximum Gasteiger partial charge on any atom is 0.315 e. The summed E-state index contributed by atoms with van der Waals surface area (Å²) in [6.45, 7) is 2.29. The number of hydrogen-bond donors (Lipinski definition) is 3. The molecule has 0 aliphatic heterocycles. The van der Waals surface area contributed by atoms with Crippen LogP contribution in [0.25, 0.3) is 0 Å². The van der Waals surface area contributed by atoms with Crippen molar-refractivity contribution in [1.29, 1.82) is 0 Å². The Balaban J connectivity index is 1.84. The lowest BCUT2D eigenvalue weighted by molar-refractivity contribution is 0.239. The molecule has 116 valence electrons. The first-order valence-electron chi connectivity index (χ1n) is 7.04. The van der Waals surface area contributed by atoms with E-state index in [0.29, 0.717) is 18.7 Å².